The van der Waals surface area contributed by atoms with Crippen LogP contribution in [0.1, 0.15) is 60.8 Å². The van der Waals surface area contributed by atoms with Crippen LogP contribution in [0.2, 0.25) is 0 Å². The number of carbonyl (C=O) groups excluding carboxylic acids is 1. The van der Waals surface area contributed by atoms with Crippen LogP contribution < -0.4 is 10.6 Å². The highest BCUT2D eigenvalue weighted by molar-refractivity contribution is 7.09. The highest BCUT2D eigenvalue weighted by Crippen LogP contribution is 2.24. The third kappa shape index (κ3) is 7.72. The van der Waals surface area contributed by atoms with E-state index in [0.717, 1.165) is 5.56 Å². The monoisotopic (exact) mass is 447 g/mol. The summed E-state index contributed by atoms with van der Waals surface area (Å²) in [4.78, 5) is 28.5. The average molecular weight is 448 g/mol. The highest BCUT2D eigenvalue weighted by Gasteiger charge is 2.24. The Morgan fingerprint density at radius 3 is 2.39 bits per heavy atom. The van der Waals surface area contributed by atoms with Crippen molar-refractivity contribution in [1.29, 1.82) is 0 Å². The molecule has 0 saturated carbocycles. The number of amides is 1. The minimum Gasteiger partial charge on any atom is -0.481 e. The van der Waals surface area contributed by atoms with E-state index in [4.69, 9.17) is 0 Å². The lowest BCUT2D eigenvalue weighted by Crippen LogP contribution is -2.38. The zero-order chi connectivity index (χ0) is 23.0. The minimum absolute atomic E-state index is 0.143. The molecule has 31 heavy (non-hydrogen) atoms. The first-order valence-electron chi connectivity index (χ1n) is 10.6. The standard InChI is InChI=1S/C23H33N3O4S/c1-14(2)18(24-4)12-20(27)22-26-19(13-31-22)21(28)25-17(10-15(3)23(29)30)11-16-8-6-5-7-9-16/h5-9,13-15,17-18,20,24,27H,10-12H2,1-4H3,(H,25,28)(H,29,30)/t15-,17+,18+,20+/m0/s1. The molecule has 0 fully saturated rings. The van der Waals surface area contributed by atoms with Gasteiger partial charge in [-0.15, -0.1) is 11.3 Å². The highest BCUT2D eigenvalue weighted by atomic mass is 32.1. The fourth-order valence-electron chi connectivity index (χ4n) is 3.49. The Balaban J connectivity index is 2.07. The summed E-state index contributed by atoms with van der Waals surface area (Å²) >= 11 is 1.26. The molecule has 7 nitrogen and oxygen atoms in total. The molecule has 0 radical (unpaired) electrons. The zero-order valence-corrected chi connectivity index (χ0v) is 19.4. The molecule has 2 aromatic rings. The molecule has 1 heterocycles. The Labute approximate surface area is 187 Å². The first-order chi connectivity index (χ1) is 14.7. The summed E-state index contributed by atoms with van der Waals surface area (Å²) in [6.07, 6.45) is 0.601. The minimum atomic E-state index is -0.893. The molecule has 0 aliphatic rings. The molecule has 1 aromatic heterocycles. The van der Waals surface area contributed by atoms with Crippen molar-refractivity contribution in [2.24, 2.45) is 11.8 Å². The van der Waals surface area contributed by atoms with Crippen molar-refractivity contribution in [2.45, 2.75) is 58.2 Å². The normalized spacial score (nSPS) is 15.3. The molecule has 0 bridgehead atoms. The second-order valence-electron chi connectivity index (χ2n) is 8.30. The van der Waals surface area contributed by atoms with Crippen molar-refractivity contribution < 1.29 is 19.8 Å². The van der Waals surface area contributed by atoms with Crippen LogP contribution in [0.15, 0.2) is 35.7 Å². The molecular weight excluding hydrogens is 414 g/mol. The quantitative estimate of drug-likeness (QED) is 0.397. The molecular formula is C23H33N3O4S. The topological polar surface area (TPSA) is 112 Å². The second-order valence-corrected chi connectivity index (χ2v) is 9.19. The number of carbonyl (C=O) groups is 2. The summed E-state index contributed by atoms with van der Waals surface area (Å²) in [5.74, 6) is -1.48. The Hall–Kier alpha value is -2.29. The van der Waals surface area contributed by atoms with Crippen molar-refractivity contribution in [2.75, 3.05) is 7.05 Å². The van der Waals surface area contributed by atoms with E-state index in [1.165, 1.54) is 11.3 Å². The Bertz CT molecular complexity index is 840. The smallest absolute Gasteiger partial charge is 0.306 e. The Kier molecular flexibility index (Phi) is 9.61. The van der Waals surface area contributed by atoms with Crippen LogP contribution in [0.25, 0.3) is 0 Å². The van der Waals surface area contributed by atoms with E-state index in [2.05, 4.69) is 29.5 Å². The number of carboxylic acid groups (broad SMARTS) is 1. The molecule has 0 unspecified atom stereocenters. The number of aromatic nitrogens is 1. The Morgan fingerprint density at radius 2 is 1.81 bits per heavy atom. The van der Waals surface area contributed by atoms with E-state index in [9.17, 15) is 19.8 Å². The first-order valence-corrected chi connectivity index (χ1v) is 11.5. The van der Waals surface area contributed by atoms with Gasteiger partial charge in [-0.25, -0.2) is 4.98 Å². The Morgan fingerprint density at radius 1 is 1.13 bits per heavy atom. The molecule has 4 atom stereocenters. The van der Waals surface area contributed by atoms with E-state index >= 15 is 0 Å². The summed E-state index contributed by atoms with van der Waals surface area (Å²) in [5.41, 5.74) is 1.26. The number of nitrogens with one attached hydrogen (secondary N) is 2. The van der Waals surface area contributed by atoms with E-state index < -0.39 is 18.0 Å². The van der Waals surface area contributed by atoms with Gasteiger partial charge in [-0.2, -0.15) is 0 Å². The lowest BCUT2D eigenvalue weighted by atomic mass is 9.96. The average Bonchev–Trinajstić information content (AvgIpc) is 3.22. The van der Waals surface area contributed by atoms with Crippen molar-refractivity contribution in [3.63, 3.8) is 0 Å². The van der Waals surface area contributed by atoms with Gasteiger partial charge >= 0.3 is 5.97 Å². The van der Waals surface area contributed by atoms with Crippen LogP contribution in [0.5, 0.6) is 0 Å². The van der Waals surface area contributed by atoms with Gasteiger partial charge in [-0.3, -0.25) is 9.59 Å². The van der Waals surface area contributed by atoms with Gasteiger partial charge in [0.15, 0.2) is 0 Å². The lowest BCUT2D eigenvalue weighted by molar-refractivity contribution is -0.141. The number of aliphatic hydroxyl groups excluding tert-OH is 1. The molecule has 4 N–H and O–H groups in total. The fourth-order valence-corrected chi connectivity index (χ4v) is 4.28. The molecule has 1 amide bonds. The first kappa shape index (κ1) is 25.0. The predicted octanol–water partition coefficient (Wildman–Crippen LogP) is 3.26. The molecule has 2 rings (SSSR count). The van der Waals surface area contributed by atoms with E-state index in [1.54, 1.807) is 12.3 Å². The van der Waals surface area contributed by atoms with Crippen LogP contribution in [0.4, 0.5) is 0 Å². The number of carboxylic acids is 1. The van der Waals surface area contributed by atoms with Gasteiger partial charge < -0.3 is 20.8 Å². The summed E-state index contributed by atoms with van der Waals surface area (Å²) in [6.45, 7) is 5.80. The molecule has 1 aromatic carbocycles. The van der Waals surface area contributed by atoms with Crippen LogP contribution in [-0.2, 0) is 11.2 Å². The zero-order valence-electron chi connectivity index (χ0n) is 18.5. The lowest BCUT2D eigenvalue weighted by Gasteiger charge is -2.22. The van der Waals surface area contributed by atoms with E-state index in [1.807, 2.05) is 37.4 Å². The van der Waals surface area contributed by atoms with Crippen molar-refractivity contribution >= 4 is 23.2 Å². The van der Waals surface area contributed by atoms with Crippen LogP contribution in [0.3, 0.4) is 0 Å². The third-order valence-corrected chi connectivity index (χ3v) is 6.36. The SMILES string of the molecule is CN[C@H](C[C@@H](O)c1nc(C(=O)N[C@@H](Cc2ccccc2)C[C@H](C)C(=O)O)cs1)C(C)C. The summed E-state index contributed by atoms with van der Waals surface area (Å²) in [5, 5.41) is 28.1. The number of nitrogens with zero attached hydrogens (tertiary/aromatic N) is 1. The van der Waals surface area contributed by atoms with E-state index in [0.29, 0.717) is 30.2 Å². The van der Waals surface area contributed by atoms with Gasteiger partial charge in [0, 0.05) is 17.5 Å². The second kappa shape index (κ2) is 11.9. The van der Waals surface area contributed by atoms with Gasteiger partial charge in [-0.05, 0) is 37.8 Å². The molecule has 8 heteroatoms. The number of aliphatic carboxylic acids is 1. The van der Waals surface area contributed by atoms with Crippen molar-refractivity contribution in [3.05, 3.63) is 52.0 Å². The van der Waals surface area contributed by atoms with Crippen molar-refractivity contribution in [1.82, 2.24) is 15.6 Å². The maximum atomic E-state index is 12.8. The number of hydrogen-bond donors (Lipinski definition) is 4. The van der Waals surface area contributed by atoms with Gasteiger partial charge in [0.2, 0.25) is 0 Å². The maximum absolute atomic E-state index is 12.8. The summed E-state index contributed by atoms with van der Waals surface area (Å²) in [7, 11) is 1.86. The maximum Gasteiger partial charge on any atom is 0.306 e. The van der Waals surface area contributed by atoms with Crippen molar-refractivity contribution in [3.8, 4) is 0 Å². The number of hydrogen-bond acceptors (Lipinski definition) is 6. The van der Waals surface area contributed by atoms with Gasteiger partial charge in [0.25, 0.3) is 5.91 Å². The number of aliphatic hydroxyl groups is 1. The summed E-state index contributed by atoms with van der Waals surface area (Å²) < 4.78 is 0. The molecule has 0 aliphatic carbocycles. The molecule has 0 aliphatic heterocycles. The number of rotatable bonds is 12. The third-order valence-electron chi connectivity index (χ3n) is 5.41. The van der Waals surface area contributed by atoms with Crippen LogP contribution >= 0.6 is 11.3 Å². The number of thiazole rings is 1. The molecule has 0 saturated heterocycles. The van der Waals surface area contributed by atoms with E-state index in [-0.39, 0.29) is 23.7 Å². The summed E-state index contributed by atoms with van der Waals surface area (Å²) in [6, 6.07) is 9.45. The van der Waals surface area contributed by atoms with Gasteiger partial charge in [0.1, 0.15) is 16.8 Å². The van der Waals surface area contributed by atoms with Gasteiger partial charge in [0.05, 0.1) is 5.92 Å². The van der Waals surface area contributed by atoms with Gasteiger partial charge in [-0.1, -0.05) is 51.1 Å². The predicted molar refractivity (Wildman–Crippen MR) is 122 cm³/mol. The number of benzene rings is 1. The fraction of sp³-hybridized carbons (Fsp3) is 0.522. The largest absolute Gasteiger partial charge is 0.481 e. The molecule has 0 spiro atoms. The van der Waals surface area contributed by atoms with Crippen LogP contribution in [0, 0.1) is 11.8 Å². The van der Waals surface area contributed by atoms with Crippen LogP contribution in [-0.4, -0.2) is 46.2 Å². The molecule has 170 valence electrons.